The first kappa shape index (κ1) is 11.9. The Morgan fingerprint density at radius 2 is 1.81 bits per heavy atom. The zero-order chi connectivity index (χ0) is 11.4. The lowest BCUT2D eigenvalue weighted by Crippen LogP contribution is -2.26. The van der Waals surface area contributed by atoms with Crippen LogP contribution in [0, 0.1) is 11.3 Å². The molecule has 0 spiro atoms. The van der Waals surface area contributed by atoms with Crippen molar-refractivity contribution >= 4 is 5.84 Å². The van der Waals surface area contributed by atoms with E-state index in [4.69, 9.17) is 10.7 Å². The normalized spacial score (nSPS) is 26.4. The van der Waals surface area contributed by atoms with Gasteiger partial charge in [-0.2, -0.15) is 0 Å². The summed E-state index contributed by atoms with van der Waals surface area (Å²) in [4.78, 5) is 4.73. The maximum Gasteiger partial charge on any atom is 0.0968 e. The summed E-state index contributed by atoms with van der Waals surface area (Å²) in [6.45, 7) is 3.30. The third-order valence-electron chi connectivity index (χ3n) is 4.78. The molecule has 0 atom stereocenters. The number of rotatable bonds is 4. The third kappa shape index (κ3) is 2.58. The maximum absolute atomic E-state index is 6.12. The van der Waals surface area contributed by atoms with Gasteiger partial charge in [0, 0.05) is 12.5 Å². The summed E-state index contributed by atoms with van der Waals surface area (Å²) in [5, 5.41) is 0. The van der Waals surface area contributed by atoms with E-state index in [-0.39, 0.29) is 0 Å². The van der Waals surface area contributed by atoms with E-state index in [9.17, 15) is 0 Å². The average molecular weight is 222 g/mol. The van der Waals surface area contributed by atoms with Gasteiger partial charge in [-0.1, -0.05) is 32.6 Å². The summed E-state index contributed by atoms with van der Waals surface area (Å²) >= 11 is 0. The minimum atomic E-state index is 0.503. The van der Waals surface area contributed by atoms with Gasteiger partial charge in [0.2, 0.25) is 0 Å². The fourth-order valence-electron chi connectivity index (χ4n) is 3.36. The molecule has 2 fully saturated rings. The van der Waals surface area contributed by atoms with Crippen molar-refractivity contribution in [2.45, 2.75) is 64.7 Å². The quantitative estimate of drug-likeness (QED) is 0.574. The average Bonchev–Trinajstić information content (AvgIpc) is 2.98. The van der Waals surface area contributed by atoms with E-state index >= 15 is 0 Å². The van der Waals surface area contributed by atoms with Crippen LogP contribution < -0.4 is 5.73 Å². The second kappa shape index (κ2) is 5.20. The zero-order valence-electron chi connectivity index (χ0n) is 10.7. The fourth-order valence-corrected chi connectivity index (χ4v) is 3.36. The molecule has 2 nitrogen and oxygen atoms in total. The van der Waals surface area contributed by atoms with Crippen LogP contribution in [0.1, 0.15) is 64.7 Å². The predicted molar refractivity (Wildman–Crippen MR) is 69.6 cm³/mol. The monoisotopic (exact) mass is 222 g/mol. The van der Waals surface area contributed by atoms with Crippen LogP contribution in [0.25, 0.3) is 0 Å². The Balaban J connectivity index is 1.90. The molecule has 16 heavy (non-hydrogen) atoms. The van der Waals surface area contributed by atoms with Crippen molar-refractivity contribution in [1.29, 1.82) is 0 Å². The van der Waals surface area contributed by atoms with Crippen LogP contribution >= 0.6 is 0 Å². The summed E-state index contributed by atoms with van der Waals surface area (Å²) in [6.07, 6.45) is 12.0. The SMILES string of the molecule is CCC1(CN=C(N)C2CCCC2)CCCC1. The van der Waals surface area contributed by atoms with Crippen molar-refractivity contribution in [1.82, 2.24) is 0 Å². The lowest BCUT2D eigenvalue weighted by atomic mass is 9.83. The number of nitrogens with two attached hydrogens (primary N) is 1. The molecule has 2 saturated carbocycles. The molecule has 0 heterocycles. The van der Waals surface area contributed by atoms with E-state index in [1.165, 1.54) is 57.8 Å². The molecule has 0 unspecified atom stereocenters. The van der Waals surface area contributed by atoms with Gasteiger partial charge in [-0.25, -0.2) is 0 Å². The maximum atomic E-state index is 6.12. The molecule has 2 aliphatic rings. The van der Waals surface area contributed by atoms with Gasteiger partial charge in [0.1, 0.15) is 0 Å². The van der Waals surface area contributed by atoms with Crippen molar-refractivity contribution in [3.05, 3.63) is 0 Å². The van der Waals surface area contributed by atoms with E-state index in [1.54, 1.807) is 0 Å². The van der Waals surface area contributed by atoms with Gasteiger partial charge in [0.25, 0.3) is 0 Å². The largest absolute Gasteiger partial charge is 0.387 e. The van der Waals surface area contributed by atoms with Gasteiger partial charge in [-0.05, 0) is 37.5 Å². The smallest absolute Gasteiger partial charge is 0.0968 e. The highest BCUT2D eigenvalue weighted by molar-refractivity contribution is 5.83. The molecule has 0 amide bonds. The van der Waals surface area contributed by atoms with Crippen molar-refractivity contribution in [2.24, 2.45) is 22.1 Å². The molecule has 0 aromatic rings. The highest BCUT2D eigenvalue weighted by atomic mass is 14.9. The summed E-state index contributed by atoms with van der Waals surface area (Å²) in [7, 11) is 0. The van der Waals surface area contributed by atoms with Gasteiger partial charge in [-0.15, -0.1) is 0 Å². The Morgan fingerprint density at radius 1 is 1.19 bits per heavy atom. The first-order chi connectivity index (χ1) is 7.76. The Labute approximate surface area is 99.7 Å². The number of aliphatic imine (C=N–C) groups is 1. The lowest BCUT2D eigenvalue weighted by molar-refractivity contribution is 0.297. The molecule has 2 N–H and O–H groups in total. The summed E-state index contributed by atoms with van der Waals surface area (Å²) in [6, 6.07) is 0. The van der Waals surface area contributed by atoms with E-state index in [0.717, 1.165) is 12.4 Å². The summed E-state index contributed by atoms with van der Waals surface area (Å²) < 4.78 is 0. The third-order valence-corrected chi connectivity index (χ3v) is 4.78. The van der Waals surface area contributed by atoms with Gasteiger partial charge in [0.05, 0.1) is 5.84 Å². The first-order valence-corrected chi connectivity index (χ1v) is 7.06. The van der Waals surface area contributed by atoms with Crippen LogP contribution in [-0.4, -0.2) is 12.4 Å². The van der Waals surface area contributed by atoms with Crippen LogP contribution in [0.4, 0.5) is 0 Å². The first-order valence-electron chi connectivity index (χ1n) is 7.06. The molecular weight excluding hydrogens is 196 g/mol. The second-order valence-corrected chi connectivity index (χ2v) is 5.78. The zero-order valence-corrected chi connectivity index (χ0v) is 10.7. The van der Waals surface area contributed by atoms with Crippen molar-refractivity contribution in [3.63, 3.8) is 0 Å². The van der Waals surface area contributed by atoms with Crippen LogP contribution in [-0.2, 0) is 0 Å². The lowest BCUT2D eigenvalue weighted by Gasteiger charge is -2.25. The van der Waals surface area contributed by atoms with E-state index < -0.39 is 0 Å². The molecule has 0 bridgehead atoms. The topological polar surface area (TPSA) is 38.4 Å². The Bertz CT molecular complexity index is 245. The Kier molecular flexibility index (Phi) is 3.88. The molecule has 0 radical (unpaired) electrons. The van der Waals surface area contributed by atoms with E-state index in [1.807, 2.05) is 0 Å². The molecule has 0 aliphatic heterocycles. The van der Waals surface area contributed by atoms with Crippen molar-refractivity contribution in [2.75, 3.05) is 6.54 Å². The summed E-state index contributed by atoms with van der Waals surface area (Å²) in [5.41, 5.74) is 6.62. The van der Waals surface area contributed by atoms with Crippen LogP contribution in [0.15, 0.2) is 4.99 Å². The standard InChI is InChI=1S/C14H26N2/c1-2-14(9-5-6-10-14)11-16-13(15)12-7-3-4-8-12/h12H,2-11H2,1H3,(H2,15,16). The molecule has 0 aromatic carbocycles. The molecule has 0 saturated heterocycles. The number of hydrogen-bond donors (Lipinski definition) is 1. The van der Waals surface area contributed by atoms with E-state index in [2.05, 4.69) is 6.92 Å². The van der Waals surface area contributed by atoms with Crippen molar-refractivity contribution in [3.8, 4) is 0 Å². The van der Waals surface area contributed by atoms with Crippen LogP contribution in [0.5, 0.6) is 0 Å². The molecule has 0 aromatic heterocycles. The summed E-state index contributed by atoms with van der Waals surface area (Å²) in [5.74, 6) is 1.56. The number of nitrogens with zero attached hydrogens (tertiary/aromatic N) is 1. The van der Waals surface area contributed by atoms with Crippen LogP contribution in [0.3, 0.4) is 0 Å². The highest BCUT2D eigenvalue weighted by Gasteiger charge is 2.32. The molecule has 2 aliphatic carbocycles. The molecular formula is C14H26N2. The van der Waals surface area contributed by atoms with Crippen molar-refractivity contribution < 1.29 is 0 Å². The Morgan fingerprint density at radius 3 is 2.38 bits per heavy atom. The number of hydrogen-bond acceptors (Lipinski definition) is 1. The van der Waals surface area contributed by atoms with E-state index in [0.29, 0.717) is 11.3 Å². The van der Waals surface area contributed by atoms with Gasteiger partial charge >= 0.3 is 0 Å². The second-order valence-electron chi connectivity index (χ2n) is 5.78. The van der Waals surface area contributed by atoms with Gasteiger partial charge in [0.15, 0.2) is 0 Å². The highest BCUT2D eigenvalue weighted by Crippen LogP contribution is 2.41. The minimum absolute atomic E-state index is 0.503. The Hall–Kier alpha value is -0.530. The van der Waals surface area contributed by atoms with Gasteiger partial charge < -0.3 is 5.73 Å². The van der Waals surface area contributed by atoms with Gasteiger partial charge in [-0.3, -0.25) is 4.99 Å². The minimum Gasteiger partial charge on any atom is -0.387 e. The molecule has 92 valence electrons. The predicted octanol–water partition coefficient (Wildman–Crippen LogP) is 3.50. The van der Waals surface area contributed by atoms with Crippen LogP contribution in [0.2, 0.25) is 0 Å². The molecule has 2 heteroatoms. The molecule has 2 rings (SSSR count). The fraction of sp³-hybridized carbons (Fsp3) is 0.929. The number of amidine groups is 1.